The van der Waals surface area contributed by atoms with Gasteiger partial charge >= 0.3 is 5.97 Å². The largest absolute Gasteiger partial charge is 0.465 e. The number of hydrazone groups is 1. The van der Waals surface area contributed by atoms with E-state index in [9.17, 15) is 9.59 Å². The number of carbonyl (C=O) groups is 2. The predicted molar refractivity (Wildman–Crippen MR) is 109 cm³/mol. The molecule has 0 radical (unpaired) electrons. The molecule has 2 N–H and O–H groups in total. The molecule has 0 fully saturated rings. The zero-order valence-electron chi connectivity index (χ0n) is 14.7. The molecule has 0 aliphatic rings. The third kappa shape index (κ3) is 5.18. The van der Waals surface area contributed by atoms with Gasteiger partial charge in [0.2, 0.25) is 0 Å². The first-order valence-electron chi connectivity index (χ1n) is 7.90. The van der Waals surface area contributed by atoms with Gasteiger partial charge in [0.15, 0.2) is 0 Å². The molecular weight excluding hydrogens is 403 g/mol. The zero-order chi connectivity index (χ0) is 19.2. The molecule has 1 amide bonds. The lowest BCUT2D eigenvalue weighted by Crippen LogP contribution is -2.18. The van der Waals surface area contributed by atoms with Crippen molar-refractivity contribution < 1.29 is 14.3 Å². The van der Waals surface area contributed by atoms with Gasteiger partial charge in [-0.2, -0.15) is 10.2 Å². The normalized spacial score (nSPS) is 10.4. The summed E-state index contributed by atoms with van der Waals surface area (Å²) in [5, 5.41) is 11.3. The monoisotopic (exact) mass is 418 g/mol. The van der Waals surface area contributed by atoms with E-state index in [1.807, 2.05) is 12.1 Å². The van der Waals surface area contributed by atoms with E-state index >= 15 is 0 Å². The molecular formula is C19H16Cl2N4O3. The molecule has 144 valence electrons. The van der Waals surface area contributed by atoms with Gasteiger partial charge in [-0.15, -0.1) is 12.4 Å². The number of carbonyl (C=O) groups excluding carboxylic acids is 2. The van der Waals surface area contributed by atoms with Crippen LogP contribution in [0.5, 0.6) is 0 Å². The first-order valence-corrected chi connectivity index (χ1v) is 8.28. The number of halogens is 2. The average molecular weight is 419 g/mol. The number of ether oxygens (including phenoxy) is 1. The molecule has 3 aromatic rings. The molecule has 2 aromatic carbocycles. The summed E-state index contributed by atoms with van der Waals surface area (Å²) >= 11 is 5.86. The lowest BCUT2D eigenvalue weighted by molar-refractivity contribution is 0.0600. The van der Waals surface area contributed by atoms with E-state index in [1.165, 1.54) is 13.3 Å². The van der Waals surface area contributed by atoms with Gasteiger partial charge in [0.25, 0.3) is 5.91 Å². The Labute approximate surface area is 172 Å². The Hall–Kier alpha value is -3.16. The van der Waals surface area contributed by atoms with Crippen molar-refractivity contribution in [3.63, 3.8) is 0 Å². The quantitative estimate of drug-likeness (QED) is 0.375. The summed E-state index contributed by atoms with van der Waals surface area (Å²) in [7, 11) is 1.32. The highest BCUT2D eigenvalue weighted by molar-refractivity contribution is 6.30. The minimum absolute atomic E-state index is 0. The van der Waals surface area contributed by atoms with Gasteiger partial charge in [-0.3, -0.25) is 9.89 Å². The van der Waals surface area contributed by atoms with Crippen molar-refractivity contribution in [3.8, 4) is 11.3 Å². The van der Waals surface area contributed by atoms with E-state index < -0.39 is 11.9 Å². The maximum atomic E-state index is 12.1. The number of rotatable bonds is 5. The number of hydrogen-bond donors (Lipinski definition) is 2. The third-order valence-corrected chi connectivity index (χ3v) is 3.93. The van der Waals surface area contributed by atoms with Gasteiger partial charge in [-0.1, -0.05) is 35.9 Å². The second-order valence-electron chi connectivity index (χ2n) is 5.49. The van der Waals surface area contributed by atoms with Gasteiger partial charge in [0.1, 0.15) is 5.69 Å². The summed E-state index contributed by atoms with van der Waals surface area (Å²) in [6.07, 6.45) is 1.47. The number of nitrogens with zero attached hydrogens (tertiary/aromatic N) is 2. The van der Waals surface area contributed by atoms with Crippen LogP contribution in [0.4, 0.5) is 0 Å². The van der Waals surface area contributed by atoms with E-state index in [-0.39, 0.29) is 18.1 Å². The van der Waals surface area contributed by atoms with E-state index in [0.717, 1.165) is 11.1 Å². The number of methoxy groups -OCH3 is 1. The number of benzene rings is 2. The van der Waals surface area contributed by atoms with E-state index in [1.54, 1.807) is 42.5 Å². The Morgan fingerprint density at radius 2 is 1.82 bits per heavy atom. The molecule has 3 rings (SSSR count). The van der Waals surface area contributed by atoms with Crippen molar-refractivity contribution >= 4 is 42.1 Å². The number of aromatic nitrogens is 2. The van der Waals surface area contributed by atoms with Crippen LogP contribution in [0.25, 0.3) is 11.3 Å². The number of H-pyrrole nitrogens is 1. The van der Waals surface area contributed by atoms with E-state index in [2.05, 4.69) is 25.5 Å². The van der Waals surface area contributed by atoms with Crippen molar-refractivity contribution in [1.82, 2.24) is 15.6 Å². The Morgan fingerprint density at radius 3 is 2.46 bits per heavy atom. The second kappa shape index (κ2) is 9.68. The molecule has 0 atom stereocenters. The molecule has 1 heterocycles. The number of nitrogens with one attached hydrogen (secondary N) is 2. The summed E-state index contributed by atoms with van der Waals surface area (Å²) in [5.74, 6) is -0.840. The Morgan fingerprint density at radius 1 is 1.14 bits per heavy atom. The van der Waals surface area contributed by atoms with Crippen LogP contribution in [-0.2, 0) is 4.74 Å². The van der Waals surface area contributed by atoms with Crippen molar-refractivity contribution in [3.05, 3.63) is 76.4 Å². The van der Waals surface area contributed by atoms with Crippen LogP contribution < -0.4 is 5.43 Å². The molecule has 0 aliphatic heterocycles. The smallest absolute Gasteiger partial charge is 0.337 e. The number of esters is 1. The van der Waals surface area contributed by atoms with Crippen LogP contribution >= 0.6 is 24.0 Å². The SMILES string of the molecule is COC(=O)c1ccc(C=NNC(=O)c2cc(-c3ccc(Cl)cc3)n[nH]2)cc1.Cl. The topological polar surface area (TPSA) is 96.4 Å². The summed E-state index contributed by atoms with van der Waals surface area (Å²) in [6, 6.07) is 15.4. The van der Waals surface area contributed by atoms with Crippen molar-refractivity contribution in [2.45, 2.75) is 0 Å². The van der Waals surface area contributed by atoms with E-state index in [4.69, 9.17) is 11.6 Å². The Bertz CT molecular complexity index is 983. The van der Waals surface area contributed by atoms with Crippen molar-refractivity contribution in [2.24, 2.45) is 5.10 Å². The van der Waals surface area contributed by atoms with Gasteiger partial charge in [-0.25, -0.2) is 10.2 Å². The molecule has 7 nitrogen and oxygen atoms in total. The van der Waals surface area contributed by atoms with Gasteiger partial charge in [-0.05, 0) is 35.9 Å². The maximum absolute atomic E-state index is 12.1. The maximum Gasteiger partial charge on any atom is 0.337 e. The van der Waals surface area contributed by atoms with Crippen LogP contribution in [-0.4, -0.2) is 35.4 Å². The highest BCUT2D eigenvalue weighted by Crippen LogP contribution is 2.20. The molecule has 0 spiro atoms. The molecule has 0 saturated carbocycles. The van der Waals surface area contributed by atoms with Gasteiger partial charge < -0.3 is 4.74 Å². The Kier molecular flexibility index (Phi) is 7.31. The first-order chi connectivity index (χ1) is 13.1. The lowest BCUT2D eigenvalue weighted by atomic mass is 10.1. The van der Waals surface area contributed by atoms with Crippen molar-refractivity contribution in [1.29, 1.82) is 0 Å². The van der Waals surface area contributed by atoms with Gasteiger partial charge in [0, 0.05) is 10.6 Å². The molecule has 0 saturated heterocycles. The van der Waals surface area contributed by atoms with Crippen LogP contribution in [0.15, 0.2) is 59.7 Å². The fourth-order valence-corrected chi connectivity index (χ4v) is 2.38. The lowest BCUT2D eigenvalue weighted by Gasteiger charge is -1.99. The molecule has 0 aliphatic carbocycles. The summed E-state index contributed by atoms with van der Waals surface area (Å²) < 4.78 is 4.63. The average Bonchev–Trinajstić information content (AvgIpc) is 3.19. The highest BCUT2D eigenvalue weighted by atomic mass is 35.5. The zero-order valence-corrected chi connectivity index (χ0v) is 16.3. The molecule has 28 heavy (non-hydrogen) atoms. The summed E-state index contributed by atoms with van der Waals surface area (Å²) in [4.78, 5) is 23.5. The highest BCUT2D eigenvalue weighted by Gasteiger charge is 2.10. The first kappa shape index (κ1) is 21.1. The third-order valence-electron chi connectivity index (χ3n) is 3.67. The fraction of sp³-hybridized carbons (Fsp3) is 0.0526. The molecule has 0 unspecified atom stereocenters. The van der Waals surface area contributed by atoms with Crippen LogP contribution in [0.3, 0.4) is 0 Å². The second-order valence-corrected chi connectivity index (χ2v) is 5.92. The number of hydrogen-bond acceptors (Lipinski definition) is 5. The standard InChI is InChI=1S/C19H15ClN4O3.ClH/c1-27-19(26)14-4-2-12(3-5-14)11-21-24-18(25)17-10-16(22-23-17)13-6-8-15(20)9-7-13;/h2-11H,1H3,(H,22,23)(H,24,25);1H. The van der Waals surface area contributed by atoms with E-state index in [0.29, 0.717) is 16.3 Å². The van der Waals surface area contributed by atoms with Crippen LogP contribution in [0, 0.1) is 0 Å². The minimum Gasteiger partial charge on any atom is -0.465 e. The number of aromatic amines is 1. The fourth-order valence-electron chi connectivity index (χ4n) is 2.26. The number of amides is 1. The van der Waals surface area contributed by atoms with Crippen LogP contribution in [0.1, 0.15) is 26.4 Å². The summed E-state index contributed by atoms with van der Waals surface area (Å²) in [5.41, 5.74) is 5.31. The van der Waals surface area contributed by atoms with Crippen LogP contribution in [0.2, 0.25) is 5.02 Å². The van der Waals surface area contributed by atoms with Crippen molar-refractivity contribution in [2.75, 3.05) is 7.11 Å². The molecule has 9 heteroatoms. The molecule has 0 bridgehead atoms. The predicted octanol–water partition coefficient (Wildman–Crippen LogP) is 3.70. The Balaban J connectivity index is 0.00000280. The molecule has 1 aromatic heterocycles. The summed E-state index contributed by atoms with van der Waals surface area (Å²) in [6.45, 7) is 0. The minimum atomic E-state index is -0.426. The van der Waals surface area contributed by atoms with Gasteiger partial charge in [0.05, 0.1) is 24.6 Å².